The largest absolute Gasteiger partial charge is 0.464 e. The first kappa shape index (κ1) is 19.5. The van der Waals surface area contributed by atoms with Gasteiger partial charge in [-0.1, -0.05) is 6.07 Å². The van der Waals surface area contributed by atoms with Crippen LogP contribution in [0.25, 0.3) is 6.08 Å². The number of imide groups is 1. The third-order valence-corrected chi connectivity index (χ3v) is 5.11. The second-order valence-electron chi connectivity index (χ2n) is 5.59. The number of carbonyl (C=O) groups excluding carboxylic acids is 3. The van der Waals surface area contributed by atoms with Crippen molar-refractivity contribution in [1.29, 1.82) is 0 Å². The lowest BCUT2D eigenvalue weighted by Gasteiger charge is -2.19. The summed E-state index contributed by atoms with van der Waals surface area (Å²) in [6, 6.07) is 4.71. The van der Waals surface area contributed by atoms with Gasteiger partial charge in [0.1, 0.15) is 6.04 Å². The van der Waals surface area contributed by atoms with E-state index in [9.17, 15) is 14.4 Å². The summed E-state index contributed by atoms with van der Waals surface area (Å²) in [5.74, 6) is -1.08. The summed E-state index contributed by atoms with van der Waals surface area (Å²) in [6.45, 7) is 3.36. The Kier molecular flexibility index (Phi) is 6.29. The predicted molar refractivity (Wildman–Crippen MR) is 102 cm³/mol. The number of ether oxygens (including phenoxy) is 1. The molecule has 0 bridgehead atoms. The van der Waals surface area contributed by atoms with Crippen LogP contribution in [0.4, 0.5) is 10.5 Å². The molecule has 0 radical (unpaired) electrons. The molecular weight excluding hydrogens is 408 g/mol. The maximum absolute atomic E-state index is 12.5. The second-order valence-corrected chi connectivity index (χ2v) is 7.43. The first-order valence-corrected chi connectivity index (χ1v) is 9.27. The van der Waals surface area contributed by atoms with Crippen LogP contribution in [0.1, 0.15) is 19.4 Å². The van der Waals surface area contributed by atoms with Gasteiger partial charge < -0.3 is 9.64 Å². The van der Waals surface area contributed by atoms with Crippen LogP contribution >= 0.6 is 27.7 Å². The molecule has 0 aromatic heterocycles. The smallest absolute Gasteiger partial charge is 0.329 e. The minimum atomic E-state index is -0.943. The third-order valence-electron chi connectivity index (χ3n) is 3.59. The van der Waals surface area contributed by atoms with Gasteiger partial charge in [-0.2, -0.15) is 0 Å². The average Bonchev–Trinajstić information content (AvgIpc) is 2.80. The van der Waals surface area contributed by atoms with Gasteiger partial charge >= 0.3 is 5.97 Å². The Morgan fingerprint density at radius 3 is 2.64 bits per heavy atom. The van der Waals surface area contributed by atoms with Crippen molar-refractivity contribution >= 4 is 56.6 Å². The predicted octanol–water partition coefficient (Wildman–Crippen LogP) is 3.50. The lowest BCUT2D eigenvalue weighted by molar-refractivity contribution is -0.150. The standard InChI is InChI=1S/C17H19BrN2O4S/c1-5-24-16(22)10(2)20-15(21)14(25-17(20)23)9-11-6-7-13(19(3)4)12(18)8-11/h6-10H,5H2,1-4H3/b14-9-/t10-/m0/s1. The second kappa shape index (κ2) is 8.05. The molecule has 1 heterocycles. The number of amides is 2. The molecule has 1 atom stereocenters. The molecule has 1 aliphatic heterocycles. The highest BCUT2D eigenvalue weighted by atomic mass is 79.9. The SMILES string of the molecule is CCOC(=O)[C@H](C)N1C(=O)S/C(=C\c2ccc(N(C)C)c(Br)c2)C1=O. The molecule has 25 heavy (non-hydrogen) atoms. The Bertz CT molecular complexity index is 748. The Labute approximate surface area is 159 Å². The van der Waals surface area contributed by atoms with Crippen molar-refractivity contribution < 1.29 is 19.1 Å². The summed E-state index contributed by atoms with van der Waals surface area (Å²) in [7, 11) is 3.86. The van der Waals surface area contributed by atoms with Gasteiger partial charge in [0.05, 0.1) is 17.2 Å². The molecule has 1 fully saturated rings. The van der Waals surface area contributed by atoms with E-state index in [-0.39, 0.29) is 11.5 Å². The zero-order chi connectivity index (χ0) is 18.7. The molecule has 134 valence electrons. The molecular formula is C17H19BrN2O4S. The van der Waals surface area contributed by atoms with Gasteiger partial charge in [-0.05, 0) is 65.3 Å². The number of nitrogens with zero attached hydrogens (tertiary/aromatic N) is 2. The van der Waals surface area contributed by atoms with Crippen LogP contribution in [-0.2, 0) is 14.3 Å². The van der Waals surface area contributed by atoms with E-state index in [1.54, 1.807) is 13.0 Å². The molecule has 2 rings (SSSR count). The molecule has 1 aromatic carbocycles. The van der Waals surface area contributed by atoms with Crippen molar-refractivity contribution in [2.75, 3.05) is 25.6 Å². The van der Waals surface area contributed by atoms with Gasteiger partial charge in [0.25, 0.3) is 11.1 Å². The first-order chi connectivity index (χ1) is 11.8. The first-order valence-electron chi connectivity index (χ1n) is 7.66. The van der Waals surface area contributed by atoms with Crippen LogP contribution in [0.15, 0.2) is 27.6 Å². The third kappa shape index (κ3) is 4.24. The van der Waals surface area contributed by atoms with E-state index in [0.29, 0.717) is 0 Å². The summed E-state index contributed by atoms with van der Waals surface area (Å²) in [5, 5.41) is -0.471. The van der Waals surface area contributed by atoms with Crippen molar-refractivity contribution in [3.05, 3.63) is 33.1 Å². The summed E-state index contributed by atoms with van der Waals surface area (Å²) >= 11 is 4.32. The lowest BCUT2D eigenvalue weighted by atomic mass is 10.1. The quantitative estimate of drug-likeness (QED) is 0.530. The highest BCUT2D eigenvalue weighted by molar-refractivity contribution is 9.10. The fourth-order valence-electron chi connectivity index (χ4n) is 2.31. The Morgan fingerprint density at radius 2 is 2.08 bits per heavy atom. The summed E-state index contributed by atoms with van der Waals surface area (Å²) in [6.07, 6.45) is 1.65. The van der Waals surface area contributed by atoms with Crippen LogP contribution in [0, 0.1) is 0 Å². The molecule has 0 spiro atoms. The maximum atomic E-state index is 12.5. The highest BCUT2D eigenvalue weighted by Gasteiger charge is 2.41. The van der Waals surface area contributed by atoms with E-state index < -0.39 is 23.2 Å². The van der Waals surface area contributed by atoms with Gasteiger partial charge in [0.15, 0.2) is 0 Å². The molecule has 2 amide bonds. The fourth-order valence-corrected chi connectivity index (χ4v) is 3.97. The highest BCUT2D eigenvalue weighted by Crippen LogP contribution is 2.35. The zero-order valence-corrected chi connectivity index (χ0v) is 16.8. The van der Waals surface area contributed by atoms with Crippen LogP contribution < -0.4 is 4.90 Å². The molecule has 0 N–H and O–H groups in total. The van der Waals surface area contributed by atoms with Crippen LogP contribution in [0.3, 0.4) is 0 Å². The van der Waals surface area contributed by atoms with E-state index in [1.165, 1.54) is 6.92 Å². The summed E-state index contributed by atoms with van der Waals surface area (Å²) in [5.41, 5.74) is 1.79. The van der Waals surface area contributed by atoms with Crippen molar-refractivity contribution in [1.82, 2.24) is 4.90 Å². The van der Waals surface area contributed by atoms with E-state index >= 15 is 0 Å². The fraction of sp³-hybridized carbons (Fsp3) is 0.353. The molecule has 6 nitrogen and oxygen atoms in total. The Balaban J connectivity index is 2.25. The average molecular weight is 427 g/mol. The Hall–Kier alpha value is -1.80. The van der Waals surface area contributed by atoms with E-state index in [2.05, 4.69) is 15.9 Å². The van der Waals surface area contributed by atoms with Gasteiger partial charge in [-0.3, -0.25) is 14.5 Å². The maximum Gasteiger partial charge on any atom is 0.329 e. The minimum absolute atomic E-state index is 0.196. The number of hydrogen-bond acceptors (Lipinski definition) is 6. The van der Waals surface area contributed by atoms with Crippen molar-refractivity contribution in [2.24, 2.45) is 0 Å². The number of benzene rings is 1. The number of rotatable bonds is 5. The number of thioether (sulfide) groups is 1. The summed E-state index contributed by atoms with van der Waals surface area (Å²) < 4.78 is 5.77. The monoisotopic (exact) mass is 426 g/mol. The van der Waals surface area contributed by atoms with Crippen molar-refractivity contribution in [3.63, 3.8) is 0 Å². The van der Waals surface area contributed by atoms with Gasteiger partial charge in [0.2, 0.25) is 0 Å². The van der Waals surface area contributed by atoms with Crippen molar-refractivity contribution in [2.45, 2.75) is 19.9 Å². The number of esters is 1. The molecule has 0 aliphatic carbocycles. The van der Waals surface area contributed by atoms with Crippen LogP contribution in [0.5, 0.6) is 0 Å². The van der Waals surface area contributed by atoms with Gasteiger partial charge in [-0.25, -0.2) is 4.79 Å². The normalized spacial score (nSPS) is 17.2. The van der Waals surface area contributed by atoms with Gasteiger partial charge in [-0.15, -0.1) is 0 Å². The molecule has 8 heteroatoms. The van der Waals surface area contributed by atoms with Crippen molar-refractivity contribution in [3.8, 4) is 0 Å². The molecule has 1 aliphatic rings. The molecule has 0 saturated carbocycles. The van der Waals surface area contributed by atoms with E-state index in [0.717, 1.165) is 32.4 Å². The number of hydrogen-bond donors (Lipinski definition) is 0. The number of carbonyl (C=O) groups is 3. The number of halogens is 1. The zero-order valence-electron chi connectivity index (χ0n) is 14.4. The summed E-state index contributed by atoms with van der Waals surface area (Å²) in [4.78, 5) is 39.7. The van der Waals surface area contributed by atoms with Crippen LogP contribution in [0.2, 0.25) is 0 Å². The minimum Gasteiger partial charge on any atom is -0.464 e. The van der Waals surface area contributed by atoms with Crippen LogP contribution in [-0.4, -0.2) is 48.8 Å². The number of anilines is 1. The van der Waals surface area contributed by atoms with E-state index in [1.807, 2.05) is 37.2 Å². The van der Waals surface area contributed by atoms with E-state index in [4.69, 9.17) is 4.74 Å². The molecule has 1 aromatic rings. The lowest BCUT2D eigenvalue weighted by Crippen LogP contribution is -2.42. The Morgan fingerprint density at radius 1 is 1.40 bits per heavy atom. The topological polar surface area (TPSA) is 66.9 Å². The molecule has 0 unspecified atom stereocenters. The molecule has 1 saturated heterocycles. The van der Waals surface area contributed by atoms with Gasteiger partial charge in [0, 0.05) is 18.6 Å².